The lowest BCUT2D eigenvalue weighted by atomic mass is 10.2. The van der Waals surface area contributed by atoms with Gasteiger partial charge in [-0.25, -0.2) is 4.79 Å². The molecule has 0 saturated carbocycles. The van der Waals surface area contributed by atoms with Crippen LogP contribution in [0.3, 0.4) is 0 Å². The summed E-state index contributed by atoms with van der Waals surface area (Å²) in [5.74, 6) is 0.830. The number of furan rings is 1. The Morgan fingerprint density at radius 3 is 2.95 bits per heavy atom. The van der Waals surface area contributed by atoms with E-state index in [-0.39, 0.29) is 6.09 Å². The standard InChI is InChI=1S/C14H13BrN2O3/c15-12-4-6-19-13(12)9-16-10-2-1-3-11(8-10)17-5-7-20-14(17)18/h1-4,6,8,16H,5,7,9H2. The average Bonchev–Trinajstić information content (AvgIpc) is 3.05. The Kier molecular flexibility index (Phi) is 3.64. The fourth-order valence-corrected chi connectivity index (χ4v) is 2.39. The lowest BCUT2D eigenvalue weighted by molar-refractivity contribution is 0.181. The molecule has 0 aliphatic carbocycles. The van der Waals surface area contributed by atoms with Gasteiger partial charge in [0, 0.05) is 11.4 Å². The van der Waals surface area contributed by atoms with Gasteiger partial charge < -0.3 is 14.5 Å². The van der Waals surface area contributed by atoms with E-state index in [2.05, 4.69) is 21.2 Å². The summed E-state index contributed by atoms with van der Waals surface area (Å²) in [4.78, 5) is 13.2. The number of rotatable bonds is 4. The molecule has 104 valence electrons. The maximum Gasteiger partial charge on any atom is 0.414 e. The first-order valence-corrected chi connectivity index (χ1v) is 7.03. The van der Waals surface area contributed by atoms with Crippen molar-refractivity contribution in [3.05, 3.63) is 46.8 Å². The molecule has 1 aliphatic heterocycles. The Labute approximate surface area is 124 Å². The molecule has 0 atom stereocenters. The van der Waals surface area contributed by atoms with Crippen LogP contribution in [0.2, 0.25) is 0 Å². The number of cyclic esters (lactones) is 1. The second-order valence-electron chi connectivity index (χ2n) is 4.36. The number of hydrogen-bond acceptors (Lipinski definition) is 4. The van der Waals surface area contributed by atoms with Gasteiger partial charge in [-0.15, -0.1) is 0 Å². The molecule has 6 heteroatoms. The molecule has 1 N–H and O–H groups in total. The van der Waals surface area contributed by atoms with Crippen LogP contribution in [0.5, 0.6) is 0 Å². The zero-order chi connectivity index (χ0) is 13.9. The molecule has 1 amide bonds. The molecule has 1 saturated heterocycles. The van der Waals surface area contributed by atoms with Crippen LogP contribution in [0, 0.1) is 0 Å². The van der Waals surface area contributed by atoms with Gasteiger partial charge in [-0.1, -0.05) is 6.07 Å². The maximum atomic E-state index is 11.5. The molecule has 2 heterocycles. The van der Waals surface area contributed by atoms with Gasteiger partial charge in [0.15, 0.2) is 0 Å². The molecule has 0 radical (unpaired) electrons. The molecule has 1 aliphatic rings. The topological polar surface area (TPSA) is 54.7 Å². The monoisotopic (exact) mass is 336 g/mol. The Balaban J connectivity index is 1.71. The minimum Gasteiger partial charge on any atom is -0.466 e. The predicted molar refractivity (Wildman–Crippen MR) is 78.9 cm³/mol. The van der Waals surface area contributed by atoms with Gasteiger partial charge in [-0.3, -0.25) is 4.90 Å². The van der Waals surface area contributed by atoms with Crippen molar-refractivity contribution in [1.82, 2.24) is 0 Å². The summed E-state index contributed by atoms with van der Waals surface area (Å²) < 4.78 is 11.2. The Bertz CT molecular complexity index is 626. The fourth-order valence-electron chi connectivity index (χ4n) is 2.05. The summed E-state index contributed by atoms with van der Waals surface area (Å²) in [6.45, 7) is 1.60. The minimum atomic E-state index is -0.295. The first-order chi connectivity index (χ1) is 9.74. The molecular formula is C14H13BrN2O3. The minimum absolute atomic E-state index is 0.295. The van der Waals surface area contributed by atoms with E-state index in [1.54, 1.807) is 11.2 Å². The molecule has 0 spiro atoms. The molecule has 0 bridgehead atoms. The number of ether oxygens (including phenoxy) is 1. The van der Waals surface area contributed by atoms with Gasteiger partial charge in [-0.2, -0.15) is 0 Å². The van der Waals surface area contributed by atoms with Crippen molar-refractivity contribution < 1.29 is 13.9 Å². The van der Waals surface area contributed by atoms with E-state index in [0.29, 0.717) is 19.7 Å². The Hall–Kier alpha value is -1.95. The number of anilines is 2. The third kappa shape index (κ3) is 2.65. The quantitative estimate of drug-likeness (QED) is 0.926. The van der Waals surface area contributed by atoms with Crippen molar-refractivity contribution in [2.45, 2.75) is 6.54 Å². The van der Waals surface area contributed by atoms with Gasteiger partial charge in [0.05, 0.1) is 23.8 Å². The summed E-state index contributed by atoms with van der Waals surface area (Å²) >= 11 is 3.41. The molecule has 1 aromatic heterocycles. The van der Waals surface area contributed by atoms with Crippen molar-refractivity contribution in [1.29, 1.82) is 0 Å². The molecular weight excluding hydrogens is 324 g/mol. The van der Waals surface area contributed by atoms with E-state index < -0.39 is 0 Å². The molecule has 0 unspecified atom stereocenters. The van der Waals surface area contributed by atoms with Crippen LogP contribution in [0.15, 0.2) is 45.5 Å². The smallest absolute Gasteiger partial charge is 0.414 e. The van der Waals surface area contributed by atoms with Gasteiger partial charge >= 0.3 is 6.09 Å². The van der Waals surface area contributed by atoms with E-state index in [1.165, 1.54) is 0 Å². The fraction of sp³-hybridized carbons (Fsp3) is 0.214. The first-order valence-electron chi connectivity index (χ1n) is 6.24. The van der Waals surface area contributed by atoms with Crippen LogP contribution in [-0.4, -0.2) is 19.2 Å². The summed E-state index contributed by atoms with van der Waals surface area (Å²) in [6, 6.07) is 9.51. The third-order valence-electron chi connectivity index (χ3n) is 3.06. The maximum absolute atomic E-state index is 11.5. The van der Waals surface area contributed by atoms with Crippen molar-refractivity contribution >= 4 is 33.4 Å². The second-order valence-corrected chi connectivity index (χ2v) is 5.22. The summed E-state index contributed by atoms with van der Waals surface area (Å²) in [7, 11) is 0. The van der Waals surface area contributed by atoms with Crippen molar-refractivity contribution in [3.8, 4) is 0 Å². The second kappa shape index (κ2) is 5.58. The zero-order valence-corrected chi connectivity index (χ0v) is 12.2. The average molecular weight is 337 g/mol. The lowest BCUT2D eigenvalue weighted by Gasteiger charge is -2.14. The van der Waals surface area contributed by atoms with Gasteiger partial charge in [0.25, 0.3) is 0 Å². The first kappa shape index (κ1) is 13.1. The number of nitrogens with one attached hydrogen (secondary N) is 1. The molecule has 2 aromatic rings. The highest BCUT2D eigenvalue weighted by Gasteiger charge is 2.23. The van der Waals surface area contributed by atoms with Crippen molar-refractivity contribution in [2.24, 2.45) is 0 Å². The Morgan fingerprint density at radius 1 is 1.35 bits per heavy atom. The molecule has 1 aromatic carbocycles. The number of benzene rings is 1. The highest BCUT2D eigenvalue weighted by Crippen LogP contribution is 2.24. The molecule has 1 fully saturated rings. The van der Waals surface area contributed by atoms with E-state index in [0.717, 1.165) is 21.6 Å². The van der Waals surface area contributed by atoms with Crippen LogP contribution >= 0.6 is 15.9 Å². The van der Waals surface area contributed by atoms with E-state index in [9.17, 15) is 4.79 Å². The molecule has 5 nitrogen and oxygen atoms in total. The van der Waals surface area contributed by atoms with Crippen LogP contribution in [0.1, 0.15) is 5.76 Å². The number of nitrogens with zero attached hydrogens (tertiary/aromatic N) is 1. The van der Waals surface area contributed by atoms with Gasteiger partial charge in [0.2, 0.25) is 0 Å². The predicted octanol–water partition coefficient (Wildman–Crippen LogP) is 3.61. The number of amides is 1. The number of carbonyl (C=O) groups excluding carboxylic acids is 1. The van der Waals surface area contributed by atoms with Gasteiger partial charge in [-0.05, 0) is 40.2 Å². The van der Waals surface area contributed by atoms with E-state index >= 15 is 0 Å². The van der Waals surface area contributed by atoms with Crippen LogP contribution in [0.4, 0.5) is 16.2 Å². The zero-order valence-electron chi connectivity index (χ0n) is 10.6. The van der Waals surface area contributed by atoms with E-state index in [4.69, 9.17) is 9.15 Å². The highest BCUT2D eigenvalue weighted by atomic mass is 79.9. The molecule has 3 rings (SSSR count). The third-order valence-corrected chi connectivity index (χ3v) is 3.77. The van der Waals surface area contributed by atoms with E-state index in [1.807, 2.05) is 30.3 Å². The van der Waals surface area contributed by atoms with Gasteiger partial charge in [0.1, 0.15) is 12.4 Å². The number of halogens is 1. The summed E-state index contributed by atoms with van der Waals surface area (Å²) in [5, 5.41) is 3.26. The largest absolute Gasteiger partial charge is 0.466 e. The number of hydrogen-bond donors (Lipinski definition) is 1. The highest BCUT2D eigenvalue weighted by molar-refractivity contribution is 9.10. The normalized spacial score (nSPS) is 14.4. The van der Waals surface area contributed by atoms with Crippen LogP contribution < -0.4 is 10.2 Å². The lowest BCUT2D eigenvalue weighted by Crippen LogP contribution is -2.23. The van der Waals surface area contributed by atoms with Crippen molar-refractivity contribution in [2.75, 3.05) is 23.4 Å². The van der Waals surface area contributed by atoms with Crippen LogP contribution in [-0.2, 0) is 11.3 Å². The molecule has 20 heavy (non-hydrogen) atoms. The SMILES string of the molecule is O=C1OCCN1c1cccc(NCc2occc2Br)c1. The summed E-state index contributed by atoms with van der Waals surface area (Å²) in [6.07, 6.45) is 1.34. The van der Waals surface area contributed by atoms with Crippen LogP contribution in [0.25, 0.3) is 0 Å². The van der Waals surface area contributed by atoms with Crippen molar-refractivity contribution in [3.63, 3.8) is 0 Å². The Morgan fingerprint density at radius 2 is 2.25 bits per heavy atom. The number of carbonyl (C=O) groups is 1. The summed E-state index contributed by atoms with van der Waals surface area (Å²) in [5.41, 5.74) is 1.75.